The molecule has 2 N–H and O–H groups in total. The van der Waals surface area contributed by atoms with Crippen molar-refractivity contribution in [3.63, 3.8) is 0 Å². The van der Waals surface area contributed by atoms with Crippen molar-refractivity contribution in [1.29, 1.82) is 0 Å². The summed E-state index contributed by atoms with van der Waals surface area (Å²) >= 11 is 3.41. The number of nitrogens with zero attached hydrogens (tertiary/aromatic N) is 3. The first-order valence-corrected chi connectivity index (χ1v) is 8.57. The molecule has 1 aliphatic rings. The second-order valence-electron chi connectivity index (χ2n) is 5.80. The number of hydrogen-bond donors (Lipinski definition) is 2. The van der Waals surface area contributed by atoms with E-state index in [4.69, 9.17) is 0 Å². The number of piperidine rings is 1. The summed E-state index contributed by atoms with van der Waals surface area (Å²) in [5.41, 5.74) is 0.956. The minimum atomic E-state index is -0.0875. The highest BCUT2D eigenvalue weighted by molar-refractivity contribution is 9.10. The first-order chi connectivity index (χ1) is 11.1. The lowest BCUT2D eigenvalue weighted by Gasteiger charge is -2.19. The first-order valence-electron chi connectivity index (χ1n) is 7.78. The molecule has 6 nitrogen and oxygen atoms in total. The van der Waals surface area contributed by atoms with Gasteiger partial charge in [-0.3, -0.25) is 10.1 Å². The van der Waals surface area contributed by atoms with Crippen molar-refractivity contribution >= 4 is 40.2 Å². The van der Waals surface area contributed by atoms with E-state index in [2.05, 4.69) is 36.6 Å². The molecule has 0 radical (unpaired) electrons. The van der Waals surface area contributed by atoms with Gasteiger partial charge in [-0.25, -0.2) is 4.68 Å². The summed E-state index contributed by atoms with van der Waals surface area (Å²) in [7, 11) is 1.81. The van der Waals surface area contributed by atoms with Crippen molar-refractivity contribution < 1.29 is 4.79 Å². The third-order valence-corrected chi connectivity index (χ3v) is 4.48. The van der Waals surface area contributed by atoms with Crippen LogP contribution in [0.25, 0.3) is 0 Å². The molecule has 0 saturated carbocycles. The van der Waals surface area contributed by atoms with E-state index in [0.29, 0.717) is 18.3 Å². The number of aryl methyl sites for hydroxylation is 1. The zero-order chi connectivity index (χ0) is 16.2. The Morgan fingerprint density at radius 2 is 2.17 bits per heavy atom. The lowest BCUT2D eigenvalue weighted by Crippen LogP contribution is -2.27. The third kappa shape index (κ3) is 4.78. The van der Waals surface area contributed by atoms with Crippen LogP contribution in [-0.2, 0) is 18.3 Å². The maximum atomic E-state index is 12.2. The van der Waals surface area contributed by atoms with Crippen LogP contribution < -0.4 is 10.6 Å². The zero-order valence-electron chi connectivity index (χ0n) is 13.5. The van der Waals surface area contributed by atoms with Crippen LogP contribution >= 0.6 is 28.3 Å². The zero-order valence-corrected chi connectivity index (χ0v) is 15.9. The second-order valence-corrected chi connectivity index (χ2v) is 6.71. The van der Waals surface area contributed by atoms with Crippen LogP contribution in [-0.4, -0.2) is 33.8 Å². The molecule has 0 aliphatic carbocycles. The molecule has 1 fully saturated rings. The van der Waals surface area contributed by atoms with Gasteiger partial charge in [-0.1, -0.05) is 28.1 Å². The molecule has 130 valence electrons. The average Bonchev–Trinajstić information content (AvgIpc) is 2.89. The molecule has 1 aromatic heterocycles. The predicted octanol–water partition coefficient (Wildman–Crippen LogP) is 2.65. The number of benzene rings is 1. The SMILES string of the molecule is Cl.Cn1nc(C2CCNCC2)nc1NC(=O)Cc1cccc(Br)c1. The minimum Gasteiger partial charge on any atom is -0.317 e. The normalized spacial score (nSPS) is 14.9. The monoisotopic (exact) mass is 413 g/mol. The number of aromatic nitrogens is 3. The molecular weight excluding hydrogens is 394 g/mol. The van der Waals surface area contributed by atoms with Crippen LogP contribution in [0.1, 0.15) is 30.1 Å². The van der Waals surface area contributed by atoms with Gasteiger partial charge >= 0.3 is 0 Å². The van der Waals surface area contributed by atoms with Gasteiger partial charge < -0.3 is 5.32 Å². The average molecular weight is 415 g/mol. The van der Waals surface area contributed by atoms with Crippen molar-refractivity contribution in [3.05, 3.63) is 40.1 Å². The van der Waals surface area contributed by atoms with Crippen LogP contribution in [0.15, 0.2) is 28.7 Å². The summed E-state index contributed by atoms with van der Waals surface area (Å²) in [4.78, 5) is 16.7. The molecule has 0 unspecified atom stereocenters. The molecule has 2 aromatic rings. The summed E-state index contributed by atoms with van der Waals surface area (Å²) in [5, 5.41) is 10.7. The van der Waals surface area contributed by atoms with Crippen molar-refractivity contribution in [2.45, 2.75) is 25.2 Å². The number of hydrogen-bond acceptors (Lipinski definition) is 4. The highest BCUT2D eigenvalue weighted by Crippen LogP contribution is 2.23. The molecule has 24 heavy (non-hydrogen) atoms. The van der Waals surface area contributed by atoms with Crippen LogP contribution in [0.4, 0.5) is 5.95 Å². The predicted molar refractivity (Wildman–Crippen MR) is 99.6 cm³/mol. The molecule has 2 heterocycles. The quantitative estimate of drug-likeness (QED) is 0.807. The van der Waals surface area contributed by atoms with Crippen molar-refractivity contribution in [3.8, 4) is 0 Å². The number of carbonyl (C=O) groups excluding carboxylic acids is 1. The van der Waals surface area contributed by atoms with Gasteiger partial charge in [-0.15, -0.1) is 12.4 Å². The fourth-order valence-corrected chi connectivity index (χ4v) is 3.21. The largest absolute Gasteiger partial charge is 0.317 e. The molecular formula is C16H21BrClN5O. The Bertz CT molecular complexity index is 700. The Hall–Kier alpha value is -1.44. The van der Waals surface area contributed by atoms with E-state index < -0.39 is 0 Å². The number of amides is 1. The van der Waals surface area contributed by atoms with Crippen molar-refractivity contribution in [1.82, 2.24) is 20.1 Å². The molecule has 0 bridgehead atoms. The van der Waals surface area contributed by atoms with Gasteiger partial charge in [0.05, 0.1) is 6.42 Å². The number of rotatable bonds is 4. The second kappa shape index (κ2) is 8.60. The standard InChI is InChI=1S/C16H20BrN5O.ClH/c1-22-16(20-15(21-22)12-5-7-18-8-6-12)19-14(23)10-11-3-2-4-13(17)9-11;/h2-4,9,12,18H,5-8,10H2,1H3,(H,19,20,21,23);1H. The Morgan fingerprint density at radius 3 is 2.88 bits per heavy atom. The summed E-state index contributed by atoms with van der Waals surface area (Å²) in [6.45, 7) is 1.99. The van der Waals surface area contributed by atoms with Gasteiger partial charge in [-0.2, -0.15) is 10.1 Å². The molecule has 1 saturated heterocycles. The van der Waals surface area contributed by atoms with E-state index in [0.717, 1.165) is 41.8 Å². The van der Waals surface area contributed by atoms with Crippen LogP contribution in [0.2, 0.25) is 0 Å². The maximum absolute atomic E-state index is 12.2. The molecule has 3 rings (SSSR count). The summed E-state index contributed by atoms with van der Waals surface area (Å²) in [6.07, 6.45) is 2.39. The summed E-state index contributed by atoms with van der Waals surface area (Å²) in [5.74, 6) is 1.62. The number of anilines is 1. The van der Waals surface area contributed by atoms with E-state index in [1.807, 2.05) is 31.3 Å². The van der Waals surface area contributed by atoms with E-state index in [9.17, 15) is 4.79 Å². The minimum absolute atomic E-state index is 0. The van der Waals surface area contributed by atoms with Gasteiger partial charge in [0.1, 0.15) is 0 Å². The number of halogens is 2. The Labute approximate surface area is 156 Å². The van der Waals surface area contributed by atoms with Crippen LogP contribution in [0, 0.1) is 0 Å². The van der Waals surface area contributed by atoms with E-state index in [1.165, 1.54) is 0 Å². The highest BCUT2D eigenvalue weighted by Gasteiger charge is 2.21. The third-order valence-electron chi connectivity index (χ3n) is 3.99. The van der Waals surface area contributed by atoms with E-state index >= 15 is 0 Å². The van der Waals surface area contributed by atoms with Crippen LogP contribution in [0.3, 0.4) is 0 Å². The Morgan fingerprint density at radius 1 is 1.42 bits per heavy atom. The van der Waals surface area contributed by atoms with Gasteiger partial charge in [0, 0.05) is 17.4 Å². The Kier molecular flexibility index (Phi) is 6.77. The van der Waals surface area contributed by atoms with Gasteiger partial charge in [0.15, 0.2) is 5.82 Å². The van der Waals surface area contributed by atoms with Crippen LogP contribution in [0.5, 0.6) is 0 Å². The summed E-state index contributed by atoms with van der Waals surface area (Å²) in [6, 6.07) is 7.73. The van der Waals surface area contributed by atoms with E-state index in [-0.39, 0.29) is 18.3 Å². The summed E-state index contributed by atoms with van der Waals surface area (Å²) < 4.78 is 2.62. The molecule has 1 amide bonds. The van der Waals surface area contributed by atoms with Crippen molar-refractivity contribution in [2.75, 3.05) is 18.4 Å². The Balaban J connectivity index is 0.00000208. The lowest BCUT2D eigenvalue weighted by atomic mass is 9.98. The van der Waals surface area contributed by atoms with Crippen molar-refractivity contribution in [2.24, 2.45) is 7.05 Å². The maximum Gasteiger partial charge on any atom is 0.231 e. The van der Waals surface area contributed by atoms with Gasteiger partial charge in [0.25, 0.3) is 0 Å². The lowest BCUT2D eigenvalue weighted by molar-refractivity contribution is -0.115. The highest BCUT2D eigenvalue weighted by atomic mass is 79.9. The first kappa shape index (κ1) is 18.9. The smallest absolute Gasteiger partial charge is 0.231 e. The fraction of sp³-hybridized carbons (Fsp3) is 0.438. The fourth-order valence-electron chi connectivity index (χ4n) is 2.77. The molecule has 8 heteroatoms. The molecule has 1 aromatic carbocycles. The number of nitrogens with one attached hydrogen (secondary N) is 2. The molecule has 0 spiro atoms. The van der Waals surface area contributed by atoms with E-state index in [1.54, 1.807) is 4.68 Å². The topological polar surface area (TPSA) is 71.8 Å². The van der Waals surface area contributed by atoms with Gasteiger partial charge in [0.2, 0.25) is 11.9 Å². The molecule has 1 aliphatic heterocycles. The number of carbonyl (C=O) groups is 1. The molecule has 0 atom stereocenters. The van der Waals surface area contributed by atoms with Gasteiger partial charge in [-0.05, 0) is 43.6 Å².